The van der Waals surface area contributed by atoms with E-state index in [1.54, 1.807) is 7.11 Å². The number of hydrogen-bond donors (Lipinski definition) is 1. The van der Waals surface area contributed by atoms with E-state index in [1.807, 2.05) is 31.3 Å². The van der Waals surface area contributed by atoms with Crippen molar-refractivity contribution in [3.8, 4) is 11.5 Å². The molecule has 0 bridgehead atoms. The molecule has 1 N–H and O–H groups in total. The van der Waals surface area contributed by atoms with E-state index in [0.29, 0.717) is 18.1 Å². The molecule has 20 heavy (non-hydrogen) atoms. The van der Waals surface area contributed by atoms with Gasteiger partial charge in [-0.05, 0) is 25.6 Å². The van der Waals surface area contributed by atoms with Gasteiger partial charge in [0.2, 0.25) is 0 Å². The van der Waals surface area contributed by atoms with Crippen LogP contribution in [-0.4, -0.2) is 54.0 Å². The summed E-state index contributed by atoms with van der Waals surface area (Å²) in [5.74, 6) is 2.58. The summed E-state index contributed by atoms with van der Waals surface area (Å²) in [6, 6.07) is 7.77. The predicted molar refractivity (Wildman–Crippen MR) is 80.1 cm³/mol. The zero-order valence-electron chi connectivity index (χ0n) is 12.0. The molecule has 1 fully saturated rings. The van der Waals surface area contributed by atoms with Crippen molar-refractivity contribution in [2.24, 2.45) is 0 Å². The number of benzene rings is 1. The minimum absolute atomic E-state index is 0.244. The molecular formula is C14H22N2O3S. The van der Waals surface area contributed by atoms with Crippen LogP contribution < -0.4 is 9.47 Å². The molecule has 2 atom stereocenters. The average Bonchev–Trinajstić information content (AvgIpc) is 2.79. The summed E-state index contributed by atoms with van der Waals surface area (Å²) in [5, 5.41) is 0. The van der Waals surface area contributed by atoms with Crippen molar-refractivity contribution in [1.29, 1.82) is 4.78 Å². The lowest BCUT2D eigenvalue weighted by Gasteiger charge is -2.23. The first-order chi connectivity index (χ1) is 9.50. The normalized spacial score (nSPS) is 25.9. The number of nitrogens with one attached hydrogen (secondary N) is 1. The summed E-state index contributed by atoms with van der Waals surface area (Å²) >= 11 is 0. The Balaban J connectivity index is 1.78. The number of nitrogens with zero attached hydrogens (tertiary/aromatic N) is 1. The second kappa shape index (κ2) is 6.45. The summed E-state index contributed by atoms with van der Waals surface area (Å²) in [6.45, 7) is 1.33. The third-order valence-corrected chi connectivity index (χ3v) is 5.44. The molecule has 2 rings (SSSR count). The standard InChI is InChI=1S/C14H22N2O3S/c1-16(12-6-9-20(15,17)11-12)7-8-19-14-5-3-4-13(10-14)18-2/h3-5,10,12,15H,6-9,11H2,1-2H3. The molecular weight excluding hydrogens is 276 g/mol. The average molecular weight is 298 g/mol. The Morgan fingerprint density at radius 2 is 2.20 bits per heavy atom. The van der Waals surface area contributed by atoms with Gasteiger partial charge in [-0.2, -0.15) is 0 Å². The number of ether oxygens (including phenoxy) is 2. The van der Waals surface area contributed by atoms with Crippen LogP contribution in [0.1, 0.15) is 6.42 Å². The van der Waals surface area contributed by atoms with Gasteiger partial charge in [-0.3, -0.25) is 9.68 Å². The molecule has 2 unspecified atom stereocenters. The first-order valence-electron chi connectivity index (χ1n) is 6.71. The Morgan fingerprint density at radius 3 is 2.85 bits per heavy atom. The van der Waals surface area contributed by atoms with E-state index in [2.05, 4.69) is 4.90 Å². The Labute approximate surface area is 120 Å². The Morgan fingerprint density at radius 1 is 1.45 bits per heavy atom. The molecule has 0 saturated carbocycles. The van der Waals surface area contributed by atoms with Gasteiger partial charge in [0.1, 0.15) is 18.1 Å². The second-order valence-electron chi connectivity index (χ2n) is 5.13. The molecule has 0 aromatic heterocycles. The van der Waals surface area contributed by atoms with Crippen LogP contribution in [0.3, 0.4) is 0 Å². The maximum absolute atomic E-state index is 11.7. The highest BCUT2D eigenvalue weighted by Gasteiger charge is 2.27. The van der Waals surface area contributed by atoms with E-state index in [9.17, 15) is 4.21 Å². The molecule has 5 nitrogen and oxygen atoms in total. The second-order valence-corrected chi connectivity index (χ2v) is 7.50. The van der Waals surface area contributed by atoms with Gasteiger partial charge in [0, 0.05) is 39.9 Å². The number of rotatable bonds is 6. The SMILES string of the molecule is COc1cccc(OCCN(C)C2CCS(=N)(=O)C2)c1. The molecule has 0 aliphatic carbocycles. The van der Waals surface area contributed by atoms with E-state index in [4.69, 9.17) is 14.3 Å². The molecule has 1 heterocycles. The summed E-state index contributed by atoms with van der Waals surface area (Å²) in [6.07, 6.45) is 0.845. The third kappa shape index (κ3) is 4.11. The predicted octanol–water partition coefficient (Wildman–Crippen LogP) is 1.82. The van der Waals surface area contributed by atoms with E-state index < -0.39 is 9.73 Å². The van der Waals surface area contributed by atoms with Gasteiger partial charge in [-0.1, -0.05) is 6.07 Å². The van der Waals surface area contributed by atoms with Gasteiger partial charge in [-0.15, -0.1) is 0 Å². The molecule has 112 valence electrons. The van der Waals surface area contributed by atoms with E-state index in [0.717, 1.165) is 24.5 Å². The van der Waals surface area contributed by atoms with Crippen molar-refractivity contribution in [3.63, 3.8) is 0 Å². The fourth-order valence-electron chi connectivity index (χ4n) is 2.33. The van der Waals surface area contributed by atoms with Gasteiger partial charge >= 0.3 is 0 Å². The smallest absolute Gasteiger partial charge is 0.123 e. The third-order valence-electron chi connectivity index (χ3n) is 3.62. The van der Waals surface area contributed by atoms with Crippen LogP contribution in [-0.2, 0) is 9.73 Å². The van der Waals surface area contributed by atoms with Crippen LogP contribution in [0.5, 0.6) is 11.5 Å². The van der Waals surface area contributed by atoms with Crippen molar-refractivity contribution in [3.05, 3.63) is 24.3 Å². The van der Waals surface area contributed by atoms with Crippen LogP contribution in [0.2, 0.25) is 0 Å². The zero-order valence-corrected chi connectivity index (χ0v) is 12.8. The molecule has 1 aromatic rings. The van der Waals surface area contributed by atoms with Crippen LogP contribution in [0.4, 0.5) is 0 Å². The highest BCUT2D eigenvalue weighted by atomic mass is 32.2. The van der Waals surface area contributed by atoms with Crippen LogP contribution >= 0.6 is 0 Å². The zero-order chi connectivity index (χ0) is 14.6. The van der Waals surface area contributed by atoms with Crippen LogP contribution in [0.25, 0.3) is 0 Å². The molecule has 1 aliphatic heterocycles. The van der Waals surface area contributed by atoms with Crippen molar-refractivity contribution < 1.29 is 13.7 Å². The maximum atomic E-state index is 11.7. The molecule has 0 spiro atoms. The van der Waals surface area contributed by atoms with Gasteiger partial charge in [-0.25, -0.2) is 4.21 Å². The highest BCUT2D eigenvalue weighted by molar-refractivity contribution is 7.92. The summed E-state index contributed by atoms with van der Waals surface area (Å²) in [7, 11) is 1.31. The first kappa shape index (κ1) is 15.1. The molecule has 1 aromatic carbocycles. The van der Waals surface area contributed by atoms with Crippen molar-refractivity contribution >= 4 is 9.73 Å². The maximum Gasteiger partial charge on any atom is 0.123 e. The lowest BCUT2D eigenvalue weighted by molar-refractivity contribution is 0.202. The minimum Gasteiger partial charge on any atom is -0.497 e. The Bertz CT molecular complexity index is 545. The van der Waals surface area contributed by atoms with E-state index in [-0.39, 0.29) is 6.04 Å². The minimum atomic E-state index is -2.33. The summed E-state index contributed by atoms with van der Waals surface area (Å²) in [4.78, 5) is 2.14. The van der Waals surface area contributed by atoms with Gasteiger partial charge in [0.25, 0.3) is 0 Å². The lowest BCUT2D eigenvalue weighted by atomic mass is 10.2. The quantitative estimate of drug-likeness (QED) is 0.870. The Hall–Kier alpha value is -1.27. The monoisotopic (exact) mass is 298 g/mol. The highest BCUT2D eigenvalue weighted by Crippen LogP contribution is 2.19. The van der Waals surface area contributed by atoms with E-state index in [1.165, 1.54) is 0 Å². The lowest BCUT2D eigenvalue weighted by Crippen LogP contribution is -2.35. The van der Waals surface area contributed by atoms with Gasteiger partial charge in [0.05, 0.1) is 7.11 Å². The van der Waals surface area contributed by atoms with Gasteiger partial charge in [0.15, 0.2) is 0 Å². The number of methoxy groups -OCH3 is 1. The topological polar surface area (TPSA) is 62.6 Å². The largest absolute Gasteiger partial charge is 0.497 e. The van der Waals surface area contributed by atoms with Crippen molar-refractivity contribution in [2.75, 3.05) is 38.8 Å². The number of likely N-dealkylation sites (N-methyl/N-ethyl adjacent to an activating group) is 1. The van der Waals surface area contributed by atoms with Crippen LogP contribution in [0, 0.1) is 4.78 Å². The fraction of sp³-hybridized carbons (Fsp3) is 0.571. The molecule has 1 aliphatic rings. The first-order valence-corrected chi connectivity index (χ1v) is 8.61. The number of hydrogen-bond acceptors (Lipinski definition) is 5. The fourth-order valence-corrected chi connectivity index (χ4v) is 4.19. The summed E-state index contributed by atoms with van der Waals surface area (Å²) in [5.41, 5.74) is 0. The molecule has 0 amide bonds. The van der Waals surface area contributed by atoms with Crippen molar-refractivity contribution in [1.82, 2.24) is 4.90 Å². The molecule has 0 radical (unpaired) electrons. The summed E-state index contributed by atoms with van der Waals surface area (Å²) < 4.78 is 30.1. The molecule has 6 heteroatoms. The van der Waals surface area contributed by atoms with E-state index >= 15 is 0 Å². The Kier molecular flexibility index (Phi) is 4.88. The van der Waals surface area contributed by atoms with Crippen molar-refractivity contribution in [2.45, 2.75) is 12.5 Å². The van der Waals surface area contributed by atoms with Gasteiger partial charge < -0.3 is 9.47 Å². The molecule has 1 saturated heterocycles. The van der Waals surface area contributed by atoms with Crippen LogP contribution in [0.15, 0.2) is 24.3 Å².